The number of nitrogens with one attached hydrogen (secondary N) is 1. The zero-order valence-electron chi connectivity index (χ0n) is 16.4. The van der Waals surface area contributed by atoms with E-state index in [2.05, 4.69) is 5.32 Å². The van der Waals surface area contributed by atoms with Crippen molar-refractivity contribution in [2.75, 3.05) is 10.6 Å². The van der Waals surface area contributed by atoms with Gasteiger partial charge in [-0.2, -0.15) is 0 Å². The Balaban J connectivity index is 2.22. The molecule has 0 aliphatic heterocycles. The fourth-order valence-electron chi connectivity index (χ4n) is 3.66. The number of hydrogen-bond acceptors (Lipinski definition) is 3. The first kappa shape index (κ1) is 20.7. The summed E-state index contributed by atoms with van der Waals surface area (Å²) in [4.78, 5) is 12.8. The third-order valence-electron chi connectivity index (χ3n) is 5.14. The largest absolute Gasteiger partial charge is 0.352 e. The van der Waals surface area contributed by atoms with Crippen LogP contribution in [-0.4, -0.2) is 32.7 Å². The van der Waals surface area contributed by atoms with Gasteiger partial charge in [0.2, 0.25) is 15.9 Å². The lowest BCUT2D eigenvalue weighted by Gasteiger charge is -2.31. The average molecular weight is 381 g/mol. The molecule has 0 bridgehead atoms. The van der Waals surface area contributed by atoms with Crippen molar-refractivity contribution in [1.29, 1.82) is 0 Å². The summed E-state index contributed by atoms with van der Waals surface area (Å²) in [5.74, 6) is -0.220. The number of rotatable bonds is 5. The van der Waals surface area contributed by atoms with E-state index in [0.29, 0.717) is 5.69 Å². The molecule has 1 aliphatic carbocycles. The van der Waals surface area contributed by atoms with Gasteiger partial charge in [-0.15, -0.1) is 0 Å². The highest BCUT2D eigenvalue weighted by atomic mass is 32.2. The van der Waals surface area contributed by atoms with Crippen molar-refractivity contribution in [1.82, 2.24) is 5.32 Å². The van der Waals surface area contributed by atoms with Crippen molar-refractivity contribution in [2.45, 2.75) is 77.8 Å². The maximum Gasteiger partial charge on any atom is 0.243 e. The van der Waals surface area contributed by atoms with Crippen molar-refractivity contribution < 1.29 is 13.2 Å². The van der Waals surface area contributed by atoms with E-state index < -0.39 is 16.1 Å². The van der Waals surface area contributed by atoms with Crippen LogP contribution in [0.15, 0.2) is 18.2 Å². The first-order chi connectivity index (χ1) is 12.2. The molecule has 0 aromatic heterocycles. The predicted molar refractivity (Wildman–Crippen MR) is 107 cm³/mol. The Labute approximate surface area is 158 Å². The standard InChI is InChI=1S/C20H32N2O3S/c1-15-12-13-16(2)19(14-15)22(26(4,24)25)17(3)20(23)21-18-10-8-6-5-7-9-11-18/h12-14,17-18H,5-11H2,1-4H3,(H,21,23)/t17-/m1/s1. The van der Waals surface area contributed by atoms with Crippen LogP contribution in [0.5, 0.6) is 0 Å². The van der Waals surface area contributed by atoms with Crippen LogP contribution in [0, 0.1) is 13.8 Å². The van der Waals surface area contributed by atoms with Gasteiger partial charge in [0.05, 0.1) is 11.9 Å². The molecule has 1 aromatic carbocycles. The summed E-state index contributed by atoms with van der Waals surface area (Å²) in [5, 5.41) is 3.10. The fourth-order valence-corrected chi connectivity index (χ4v) is 4.88. The Kier molecular flexibility index (Phi) is 7.09. The molecule has 1 aliphatic rings. The summed E-state index contributed by atoms with van der Waals surface area (Å²) in [6.07, 6.45) is 9.03. The average Bonchev–Trinajstić information content (AvgIpc) is 2.52. The molecule has 5 nitrogen and oxygen atoms in total. The van der Waals surface area contributed by atoms with Gasteiger partial charge < -0.3 is 5.32 Å². The number of hydrogen-bond donors (Lipinski definition) is 1. The van der Waals surface area contributed by atoms with E-state index in [4.69, 9.17) is 0 Å². The van der Waals surface area contributed by atoms with Gasteiger partial charge in [0.15, 0.2) is 0 Å². The van der Waals surface area contributed by atoms with Crippen molar-refractivity contribution in [3.63, 3.8) is 0 Å². The molecule has 6 heteroatoms. The van der Waals surface area contributed by atoms with Crippen molar-refractivity contribution in [2.24, 2.45) is 0 Å². The Morgan fingerprint density at radius 1 is 1.12 bits per heavy atom. The van der Waals surface area contributed by atoms with Crippen molar-refractivity contribution >= 4 is 21.6 Å². The first-order valence-electron chi connectivity index (χ1n) is 9.57. The van der Waals surface area contributed by atoms with Crippen LogP contribution in [0.1, 0.15) is 63.0 Å². The zero-order valence-corrected chi connectivity index (χ0v) is 17.2. The Bertz CT molecular complexity index is 723. The quantitative estimate of drug-likeness (QED) is 0.847. The van der Waals surface area contributed by atoms with E-state index in [0.717, 1.165) is 43.1 Å². The molecule has 1 atom stereocenters. The van der Waals surface area contributed by atoms with Crippen LogP contribution < -0.4 is 9.62 Å². The molecule has 1 saturated carbocycles. The molecule has 0 radical (unpaired) electrons. The van der Waals surface area contributed by atoms with Crippen LogP contribution in [0.2, 0.25) is 0 Å². The van der Waals surface area contributed by atoms with Gasteiger partial charge in [0, 0.05) is 6.04 Å². The molecule has 1 amide bonds. The Morgan fingerprint density at radius 2 is 1.69 bits per heavy atom. The van der Waals surface area contributed by atoms with Gasteiger partial charge in [0.25, 0.3) is 0 Å². The summed E-state index contributed by atoms with van der Waals surface area (Å²) in [5.41, 5.74) is 2.38. The molecule has 0 saturated heterocycles. The van der Waals surface area contributed by atoms with Crippen LogP contribution in [-0.2, 0) is 14.8 Å². The molecule has 0 unspecified atom stereocenters. The number of anilines is 1. The Hall–Kier alpha value is -1.56. The van der Waals surface area contributed by atoms with Gasteiger partial charge in [-0.3, -0.25) is 9.10 Å². The van der Waals surface area contributed by atoms with Gasteiger partial charge in [0.1, 0.15) is 6.04 Å². The second-order valence-corrected chi connectivity index (χ2v) is 9.43. The highest BCUT2D eigenvalue weighted by Crippen LogP contribution is 2.26. The SMILES string of the molecule is Cc1ccc(C)c(N([C@H](C)C(=O)NC2CCCCCCC2)S(C)(=O)=O)c1. The third kappa shape index (κ3) is 5.47. The number of benzene rings is 1. The lowest BCUT2D eigenvalue weighted by Crippen LogP contribution is -2.50. The van der Waals surface area contributed by atoms with Crippen molar-refractivity contribution in [3.8, 4) is 0 Å². The lowest BCUT2D eigenvalue weighted by molar-refractivity contribution is -0.122. The van der Waals surface area contributed by atoms with Gasteiger partial charge in [-0.05, 0) is 50.8 Å². The van der Waals surface area contributed by atoms with Crippen LogP contribution in [0.3, 0.4) is 0 Å². The fraction of sp³-hybridized carbons (Fsp3) is 0.650. The van der Waals surface area contributed by atoms with E-state index in [9.17, 15) is 13.2 Å². The smallest absolute Gasteiger partial charge is 0.243 e. The molecule has 26 heavy (non-hydrogen) atoms. The molecule has 2 rings (SSSR count). The second-order valence-electron chi connectivity index (χ2n) is 7.58. The molecular formula is C20H32N2O3S. The number of aryl methyl sites for hydroxylation is 2. The molecule has 0 spiro atoms. The first-order valence-corrected chi connectivity index (χ1v) is 11.4. The number of carbonyl (C=O) groups is 1. The number of sulfonamides is 1. The monoisotopic (exact) mass is 380 g/mol. The topological polar surface area (TPSA) is 66.5 Å². The zero-order chi connectivity index (χ0) is 19.3. The van der Waals surface area contributed by atoms with E-state index in [1.165, 1.54) is 23.6 Å². The number of carbonyl (C=O) groups excluding carboxylic acids is 1. The predicted octanol–water partition coefficient (Wildman–Crippen LogP) is 3.69. The summed E-state index contributed by atoms with van der Waals surface area (Å²) in [7, 11) is -3.58. The van der Waals surface area contributed by atoms with Gasteiger partial charge >= 0.3 is 0 Å². The summed E-state index contributed by atoms with van der Waals surface area (Å²) in [6, 6.07) is 5.03. The number of nitrogens with zero attached hydrogens (tertiary/aromatic N) is 1. The minimum Gasteiger partial charge on any atom is -0.352 e. The second kappa shape index (κ2) is 8.89. The normalized spacial score (nSPS) is 17.8. The van der Waals surface area contributed by atoms with Crippen LogP contribution >= 0.6 is 0 Å². The van der Waals surface area contributed by atoms with Crippen LogP contribution in [0.25, 0.3) is 0 Å². The highest BCUT2D eigenvalue weighted by molar-refractivity contribution is 7.92. The molecule has 0 heterocycles. The number of amides is 1. The van der Waals surface area contributed by atoms with Gasteiger partial charge in [-0.25, -0.2) is 8.42 Å². The Morgan fingerprint density at radius 3 is 2.27 bits per heavy atom. The minimum absolute atomic E-state index is 0.144. The molecule has 1 N–H and O–H groups in total. The van der Waals surface area contributed by atoms with Crippen LogP contribution in [0.4, 0.5) is 5.69 Å². The minimum atomic E-state index is -3.58. The van der Waals surface area contributed by atoms with E-state index in [-0.39, 0.29) is 11.9 Å². The van der Waals surface area contributed by atoms with Gasteiger partial charge in [-0.1, -0.05) is 44.2 Å². The van der Waals surface area contributed by atoms with E-state index >= 15 is 0 Å². The van der Waals surface area contributed by atoms with E-state index in [1.54, 1.807) is 6.92 Å². The summed E-state index contributed by atoms with van der Waals surface area (Å²) >= 11 is 0. The van der Waals surface area contributed by atoms with Crippen molar-refractivity contribution in [3.05, 3.63) is 29.3 Å². The molecular weight excluding hydrogens is 348 g/mol. The third-order valence-corrected chi connectivity index (χ3v) is 6.37. The highest BCUT2D eigenvalue weighted by Gasteiger charge is 2.31. The maximum atomic E-state index is 12.8. The summed E-state index contributed by atoms with van der Waals surface area (Å²) in [6.45, 7) is 5.45. The maximum absolute atomic E-state index is 12.8. The molecule has 1 aromatic rings. The lowest BCUT2D eigenvalue weighted by atomic mass is 9.96. The summed E-state index contributed by atoms with van der Waals surface area (Å²) < 4.78 is 26.2. The van der Waals surface area contributed by atoms with E-state index in [1.807, 2.05) is 32.0 Å². The molecule has 146 valence electrons. The molecule has 1 fully saturated rings.